The van der Waals surface area contributed by atoms with E-state index in [1.165, 1.54) is 37.6 Å². The fourth-order valence-corrected chi connectivity index (χ4v) is 2.04. The Morgan fingerprint density at radius 2 is 2.33 bits per heavy atom. The normalized spacial score (nSPS) is 24.4. The van der Waals surface area contributed by atoms with Crippen LogP contribution in [-0.2, 0) is 4.79 Å². The Balaban J connectivity index is 2.07. The molecule has 0 spiro atoms. The minimum absolute atomic E-state index is 0.200. The van der Waals surface area contributed by atoms with Crippen LogP contribution in [0.4, 0.5) is 0 Å². The van der Waals surface area contributed by atoms with E-state index in [1.54, 1.807) is 0 Å². The summed E-state index contributed by atoms with van der Waals surface area (Å²) in [7, 11) is 0. The van der Waals surface area contributed by atoms with Crippen molar-refractivity contribution in [3.63, 3.8) is 0 Å². The number of hydrogen-bond donors (Lipinski definition) is 1. The van der Waals surface area contributed by atoms with Gasteiger partial charge in [0, 0.05) is 12.2 Å². The van der Waals surface area contributed by atoms with E-state index in [1.807, 2.05) is 6.26 Å². The molecular formula is C12H21NOS. The third kappa shape index (κ3) is 4.74. The van der Waals surface area contributed by atoms with E-state index in [2.05, 4.69) is 23.8 Å². The molecule has 86 valence electrons. The molecule has 0 aromatic heterocycles. The number of unbranched alkanes of at least 4 members (excludes halogenated alkanes) is 3. The molecule has 1 saturated carbocycles. The summed E-state index contributed by atoms with van der Waals surface area (Å²) in [4.78, 5) is 11.4. The molecule has 0 aliphatic heterocycles. The predicted molar refractivity (Wildman–Crippen MR) is 66.5 cm³/mol. The zero-order valence-corrected chi connectivity index (χ0v) is 10.5. The number of hydrogen-bond acceptors (Lipinski definition) is 2. The molecule has 1 rings (SSSR count). The maximum absolute atomic E-state index is 11.4. The van der Waals surface area contributed by atoms with Crippen molar-refractivity contribution >= 4 is 17.9 Å². The first-order valence-electron chi connectivity index (χ1n) is 5.79. The van der Waals surface area contributed by atoms with E-state index in [9.17, 15) is 4.79 Å². The van der Waals surface area contributed by atoms with Gasteiger partial charge in [0.2, 0.25) is 5.91 Å². The van der Waals surface area contributed by atoms with Crippen LogP contribution in [0, 0.1) is 11.8 Å². The summed E-state index contributed by atoms with van der Waals surface area (Å²) in [6.45, 7) is 2.22. The Morgan fingerprint density at radius 3 is 3.00 bits per heavy atom. The van der Waals surface area contributed by atoms with Gasteiger partial charge < -0.3 is 4.72 Å². The van der Waals surface area contributed by atoms with Crippen molar-refractivity contribution in [1.82, 2.24) is 4.72 Å². The number of rotatable bonds is 7. The van der Waals surface area contributed by atoms with Gasteiger partial charge in [0.1, 0.15) is 0 Å². The fraction of sp³-hybridized carbons (Fsp3) is 0.750. The van der Waals surface area contributed by atoms with Gasteiger partial charge in [0.25, 0.3) is 0 Å². The maximum Gasteiger partial charge on any atom is 0.233 e. The average molecular weight is 227 g/mol. The maximum atomic E-state index is 11.4. The van der Waals surface area contributed by atoms with Crippen LogP contribution in [0.25, 0.3) is 0 Å². The molecule has 1 aliphatic rings. The van der Waals surface area contributed by atoms with Crippen molar-refractivity contribution in [3.8, 4) is 0 Å². The minimum Gasteiger partial charge on any atom is -0.300 e. The van der Waals surface area contributed by atoms with E-state index >= 15 is 0 Å². The Labute approximate surface area is 97.0 Å². The summed E-state index contributed by atoms with van der Waals surface area (Å²) in [5.74, 6) is 0.962. The molecule has 0 saturated heterocycles. The minimum atomic E-state index is 0.200. The van der Waals surface area contributed by atoms with Gasteiger partial charge in [-0.05, 0) is 25.2 Å². The van der Waals surface area contributed by atoms with E-state index in [0.717, 1.165) is 6.42 Å². The molecule has 0 aromatic rings. The summed E-state index contributed by atoms with van der Waals surface area (Å²) >= 11 is 1.39. The highest BCUT2D eigenvalue weighted by molar-refractivity contribution is 7.97. The van der Waals surface area contributed by atoms with Gasteiger partial charge in [-0.1, -0.05) is 43.9 Å². The molecule has 1 fully saturated rings. The third-order valence-electron chi connectivity index (χ3n) is 2.74. The number of nitrogens with one attached hydrogen (secondary N) is 1. The quantitative estimate of drug-likeness (QED) is 0.411. The van der Waals surface area contributed by atoms with Crippen molar-refractivity contribution in [2.24, 2.45) is 11.8 Å². The smallest absolute Gasteiger partial charge is 0.233 e. The summed E-state index contributed by atoms with van der Waals surface area (Å²) in [6, 6.07) is 0. The first-order chi connectivity index (χ1) is 7.29. The van der Waals surface area contributed by atoms with Gasteiger partial charge in [-0.3, -0.25) is 4.79 Å². The first-order valence-corrected chi connectivity index (χ1v) is 7.01. The lowest BCUT2D eigenvalue weighted by molar-refractivity contribution is -0.120. The molecule has 0 bridgehead atoms. The highest BCUT2D eigenvalue weighted by atomic mass is 32.2. The molecule has 2 atom stereocenters. The van der Waals surface area contributed by atoms with Crippen LogP contribution in [0.1, 0.15) is 39.0 Å². The van der Waals surface area contributed by atoms with Crippen LogP contribution in [0.5, 0.6) is 0 Å². The van der Waals surface area contributed by atoms with Crippen molar-refractivity contribution in [1.29, 1.82) is 0 Å². The largest absolute Gasteiger partial charge is 0.300 e. The number of carbonyl (C=O) groups is 1. The van der Waals surface area contributed by atoms with Gasteiger partial charge in [-0.15, -0.1) is 0 Å². The van der Waals surface area contributed by atoms with Crippen LogP contribution in [0.15, 0.2) is 12.2 Å². The highest BCUT2D eigenvalue weighted by Crippen LogP contribution is 2.40. The Kier molecular flexibility index (Phi) is 5.84. The van der Waals surface area contributed by atoms with Crippen molar-refractivity contribution in [2.45, 2.75) is 39.0 Å². The lowest BCUT2D eigenvalue weighted by Gasteiger charge is -1.97. The lowest BCUT2D eigenvalue weighted by atomic mass is 10.2. The summed E-state index contributed by atoms with van der Waals surface area (Å²) < 4.78 is 2.79. The topological polar surface area (TPSA) is 29.1 Å². The van der Waals surface area contributed by atoms with E-state index in [-0.39, 0.29) is 11.8 Å². The third-order valence-corrected chi connectivity index (χ3v) is 3.14. The zero-order valence-electron chi connectivity index (χ0n) is 9.66. The van der Waals surface area contributed by atoms with Crippen LogP contribution in [0.3, 0.4) is 0 Å². The van der Waals surface area contributed by atoms with Crippen molar-refractivity contribution < 1.29 is 4.79 Å². The van der Waals surface area contributed by atoms with Crippen molar-refractivity contribution in [2.75, 3.05) is 6.26 Å². The lowest BCUT2D eigenvalue weighted by Crippen LogP contribution is -2.17. The molecule has 0 radical (unpaired) electrons. The molecule has 15 heavy (non-hydrogen) atoms. The first kappa shape index (κ1) is 12.6. The van der Waals surface area contributed by atoms with Crippen LogP contribution in [0.2, 0.25) is 0 Å². The molecule has 1 amide bonds. The molecule has 3 heteroatoms. The SMILES string of the molecule is CCCCC/C=C\C1CC1C(=O)NSC. The van der Waals surface area contributed by atoms with Gasteiger partial charge in [-0.2, -0.15) is 0 Å². The van der Waals surface area contributed by atoms with Crippen molar-refractivity contribution in [3.05, 3.63) is 12.2 Å². The second kappa shape index (κ2) is 6.94. The monoisotopic (exact) mass is 227 g/mol. The Morgan fingerprint density at radius 1 is 1.53 bits per heavy atom. The van der Waals surface area contributed by atoms with Crippen LogP contribution < -0.4 is 4.72 Å². The van der Waals surface area contributed by atoms with E-state index in [0.29, 0.717) is 5.92 Å². The zero-order chi connectivity index (χ0) is 11.1. The summed E-state index contributed by atoms with van der Waals surface area (Å²) in [5.41, 5.74) is 0. The van der Waals surface area contributed by atoms with Gasteiger partial charge in [0.15, 0.2) is 0 Å². The Bertz CT molecular complexity index is 228. The second-order valence-corrected chi connectivity index (χ2v) is 4.71. The van der Waals surface area contributed by atoms with E-state index < -0.39 is 0 Å². The molecule has 2 nitrogen and oxygen atoms in total. The van der Waals surface area contributed by atoms with Crippen LogP contribution in [-0.4, -0.2) is 12.2 Å². The molecule has 0 aromatic carbocycles. The van der Waals surface area contributed by atoms with Gasteiger partial charge in [0.05, 0.1) is 0 Å². The number of amides is 1. The highest BCUT2D eigenvalue weighted by Gasteiger charge is 2.40. The second-order valence-electron chi connectivity index (χ2n) is 4.10. The number of allylic oxidation sites excluding steroid dienone is 2. The predicted octanol–water partition coefficient (Wildman–Crippen LogP) is 3.15. The molecule has 1 aliphatic carbocycles. The number of carbonyl (C=O) groups excluding carboxylic acids is 1. The standard InChI is InChI=1S/C12H21NOS/c1-3-4-5-6-7-8-10-9-11(10)12(14)13-15-2/h7-8,10-11H,3-6,9H2,1-2H3,(H,13,14)/b8-7-. The van der Waals surface area contributed by atoms with Crippen LogP contribution >= 0.6 is 11.9 Å². The average Bonchev–Trinajstić information content (AvgIpc) is 2.97. The molecule has 1 N–H and O–H groups in total. The Hall–Kier alpha value is -0.440. The molecule has 2 unspecified atom stereocenters. The summed E-state index contributed by atoms with van der Waals surface area (Å²) in [5, 5.41) is 0. The summed E-state index contributed by atoms with van der Waals surface area (Å²) in [6.07, 6.45) is 12.4. The van der Waals surface area contributed by atoms with Gasteiger partial charge in [-0.25, -0.2) is 0 Å². The molecule has 0 heterocycles. The van der Waals surface area contributed by atoms with E-state index in [4.69, 9.17) is 0 Å². The fourth-order valence-electron chi connectivity index (χ4n) is 1.69. The van der Waals surface area contributed by atoms with Gasteiger partial charge >= 0.3 is 0 Å². The molecular weight excluding hydrogens is 206 g/mol.